The third-order valence-electron chi connectivity index (χ3n) is 5.30. The van der Waals surface area contributed by atoms with Gasteiger partial charge in [0.1, 0.15) is 0 Å². The van der Waals surface area contributed by atoms with Gasteiger partial charge in [0.05, 0.1) is 17.8 Å². The van der Waals surface area contributed by atoms with Crippen molar-refractivity contribution in [2.24, 2.45) is 0 Å². The summed E-state index contributed by atoms with van der Waals surface area (Å²) < 4.78 is 0. The largest absolute Gasteiger partial charge is 0.478 e. The lowest BCUT2D eigenvalue weighted by atomic mass is 10.0. The molecule has 0 atom stereocenters. The van der Waals surface area contributed by atoms with Gasteiger partial charge in [-0.25, -0.2) is 14.8 Å². The van der Waals surface area contributed by atoms with Crippen LogP contribution < -0.4 is 4.90 Å². The average molecular weight is 480 g/mol. The summed E-state index contributed by atoms with van der Waals surface area (Å²) >= 11 is 1.69. The summed E-state index contributed by atoms with van der Waals surface area (Å²) in [6.07, 6.45) is 1.79. The lowest BCUT2D eigenvalue weighted by molar-refractivity contribution is 0.0697. The fourth-order valence-corrected chi connectivity index (χ4v) is 4.18. The van der Waals surface area contributed by atoms with Crippen LogP contribution in [0.3, 0.4) is 0 Å². The fourth-order valence-electron chi connectivity index (χ4n) is 3.46. The molecular weight excluding hydrogens is 454 g/mol. The number of thiophene rings is 1. The molecule has 0 radical (unpaired) electrons. The molecule has 0 amide bonds. The van der Waals surface area contributed by atoms with Crippen molar-refractivity contribution in [1.29, 1.82) is 0 Å². The van der Waals surface area contributed by atoms with E-state index in [1.807, 2.05) is 24.3 Å². The molecule has 2 heterocycles. The molecule has 33 heavy (non-hydrogen) atoms. The van der Waals surface area contributed by atoms with Crippen molar-refractivity contribution in [3.8, 4) is 11.3 Å². The molecule has 170 valence electrons. The number of rotatable bonds is 8. The van der Waals surface area contributed by atoms with E-state index in [-0.39, 0.29) is 18.0 Å². The topological polar surface area (TPSA) is 66.3 Å². The molecule has 0 spiro atoms. The Hall–Kier alpha value is -3.22. The Morgan fingerprint density at radius 3 is 2.33 bits per heavy atom. The Morgan fingerprint density at radius 2 is 1.73 bits per heavy atom. The second-order valence-corrected chi connectivity index (χ2v) is 8.99. The van der Waals surface area contributed by atoms with Crippen LogP contribution in [0.5, 0.6) is 0 Å². The van der Waals surface area contributed by atoms with E-state index in [4.69, 9.17) is 10.1 Å². The van der Waals surface area contributed by atoms with Crippen LogP contribution in [0.2, 0.25) is 0 Å². The standard InChI is InChI=1S/C26H25N3O2S.ClH/c1-18(2)20-9-11-21(12-10-20)24-13-14-27-26(28-24)29(17-23-4-3-15-32-23)16-19-5-7-22(8-6-19)25(30)31;/h3-15,18H,16-17H2,1-2H3,(H,30,31);1H. The van der Waals surface area contributed by atoms with Gasteiger partial charge in [0.15, 0.2) is 0 Å². The summed E-state index contributed by atoms with van der Waals surface area (Å²) in [7, 11) is 0. The van der Waals surface area contributed by atoms with Gasteiger partial charge >= 0.3 is 5.97 Å². The number of hydrogen-bond donors (Lipinski definition) is 1. The zero-order valence-corrected chi connectivity index (χ0v) is 20.1. The van der Waals surface area contributed by atoms with E-state index in [1.165, 1.54) is 10.4 Å². The first-order valence-corrected chi connectivity index (χ1v) is 11.4. The van der Waals surface area contributed by atoms with E-state index in [1.54, 1.807) is 29.7 Å². The van der Waals surface area contributed by atoms with Crippen molar-refractivity contribution in [2.45, 2.75) is 32.9 Å². The Morgan fingerprint density at radius 1 is 1.00 bits per heavy atom. The molecule has 2 aromatic carbocycles. The van der Waals surface area contributed by atoms with Crippen LogP contribution in [0, 0.1) is 0 Å². The molecule has 0 aliphatic carbocycles. The third kappa shape index (κ3) is 6.18. The minimum absolute atomic E-state index is 0. The Balaban J connectivity index is 0.00000306. The van der Waals surface area contributed by atoms with Gasteiger partial charge in [-0.15, -0.1) is 23.7 Å². The zero-order chi connectivity index (χ0) is 22.5. The van der Waals surface area contributed by atoms with Crippen LogP contribution in [0.1, 0.15) is 46.1 Å². The lowest BCUT2D eigenvalue weighted by Gasteiger charge is -2.23. The number of aromatic carboxylic acids is 1. The van der Waals surface area contributed by atoms with Crippen molar-refractivity contribution in [3.05, 3.63) is 99.9 Å². The minimum atomic E-state index is -0.925. The van der Waals surface area contributed by atoms with Crippen LogP contribution in [0.15, 0.2) is 78.3 Å². The number of carboxylic acids is 1. The summed E-state index contributed by atoms with van der Waals surface area (Å²) in [5.41, 5.74) is 4.51. The van der Waals surface area contributed by atoms with Crippen molar-refractivity contribution in [3.63, 3.8) is 0 Å². The lowest BCUT2D eigenvalue weighted by Crippen LogP contribution is -2.24. The van der Waals surface area contributed by atoms with Gasteiger partial charge in [-0.3, -0.25) is 0 Å². The Bertz CT molecular complexity index is 1180. The van der Waals surface area contributed by atoms with Crippen LogP contribution in [0.4, 0.5) is 5.95 Å². The maximum Gasteiger partial charge on any atom is 0.335 e. The summed E-state index contributed by atoms with van der Waals surface area (Å²) in [6.45, 7) is 5.62. The van der Waals surface area contributed by atoms with Crippen LogP contribution in [-0.2, 0) is 13.1 Å². The van der Waals surface area contributed by atoms with Crippen molar-refractivity contribution in [2.75, 3.05) is 4.90 Å². The predicted molar refractivity (Wildman–Crippen MR) is 136 cm³/mol. The van der Waals surface area contributed by atoms with Gasteiger partial charge in [-0.1, -0.05) is 56.3 Å². The predicted octanol–water partition coefficient (Wildman–Crippen LogP) is 6.66. The molecule has 4 rings (SSSR count). The van der Waals surface area contributed by atoms with E-state index in [0.717, 1.165) is 16.8 Å². The number of carboxylic acid groups (broad SMARTS) is 1. The van der Waals surface area contributed by atoms with Crippen LogP contribution >= 0.6 is 23.7 Å². The third-order valence-corrected chi connectivity index (χ3v) is 6.16. The minimum Gasteiger partial charge on any atom is -0.478 e. The van der Waals surface area contributed by atoms with Crippen molar-refractivity contribution < 1.29 is 9.90 Å². The summed E-state index contributed by atoms with van der Waals surface area (Å²) in [4.78, 5) is 23.9. The molecule has 1 N–H and O–H groups in total. The molecule has 5 nitrogen and oxygen atoms in total. The quantitative estimate of drug-likeness (QED) is 0.306. The highest BCUT2D eigenvalue weighted by atomic mass is 35.5. The monoisotopic (exact) mass is 479 g/mol. The summed E-state index contributed by atoms with van der Waals surface area (Å²) in [6, 6.07) is 21.5. The molecule has 7 heteroatoms. The maximum atomic E-state index is 11.2. The second kappa shape index (κ2) is 11.1. The number of nitrogens with zero attached hydrogens (tertiary/aromatic N) is 3. The van der Waals surface area contributed by atoms with Crippen molar-refractivity contribution >= 4 is 35.7 Å². The second-order valence-electron chi connectivity index (χ2n) is 7.96. The highest BCUT2D eigenvalue weighted by Crippen LogP contribution is 2.24. The molecule has 0 fully saturated rings. The number of aromatic nitrogens is 2. The van der Waals surface area contributed by atoms with E-state index < -0.39 is 5.97 Å². The number of hydrogen-bond acceptors (Lipinski definition) is 5. The van der Waals surface area contributed by atoms with E-state index in [0.29, 0.717) is 25.0 Å². The van der Waals surface area contributed by atoms with E-state index >= 15 is 0 Å². The number of benzene rings is 2. The highest BCUT2D eigenvalue weighted by Gasteiger charge is 2.14. The summed E-state index contributed by atoms with van der Waals surface area (Å²) in [5, 5.41) is 11.2. The molecule has 0 unspecified atom stereocenters. The molecule has 0 aliphatic heterocycles. The SMILES string of the molecule is CC(C)c1ccc(-c2ccnc(N(Cc3ccc(C(=O)O)cc3)Cc3cccs3)n2)cc1.Cl. The molecule has 0 bridgehead atoms. The van der Waals surface area contributed by atoms with Gasteiger partial charge in [-0.2, -0.15) is 0 Å². The first kappa shape index (κ1) is 24.4. The van der Waals surface area contributed by atoms with Crippen LogP contribution in [0.25, 0.3) is 11.3 Å². The smallest absolute Gasteiger partial charge is 0.335 e. The van der Waals surface area contributed by atoms with Crippen LogP contribution in [-0.4, -0.2) is 21.0 Å². The zero-order valence-electron chi connectivity index (χ0n) is 18.5. The van der Waals surface area contributed by atoms with Gasteiger partial charge in [-0.05, 0) is 46.7 Å². The maximum absolute atomic E-state index is 11.2. The van der Waals surface area contributed by atoms with E-state index in [9.17, 15) is 4.79 Å². The van der Waals surface area contributed by atoms with E-state index in [2.05, 4.69) is 59.4 Å². The molecule has 0 saturated heterocycles. The fraction of sp³-hybridized carbons (Fsp3) is 0.192. The van der Waals surface area contributed by atoms with Gasteiger partial charge in [0, 0.05) is 23.2 Å². The first-order chi connectivity index (χ1) is 15.5. The van der Waals surface area contributed by atoms with Crippen molar-refractivity contribution in [1.82, 2.24) is 9.97 Å². The van der Waals surface area contributed by atoms with Gasteiger partial charge < -0.3 is 10.0 Å². The number of anilines is 1. The Labute approximate surface area is 204 Å². The highest BCUT2D eigenvalue weighted by molar-refractivity contribution is 7.09. The number of halogens is 1. The molecule has 0 saturated carbocycles. The first-order valence-electron chi connectivity index (χ1n) is 10.5. The molecular formula is C26H26ClN3O2S. The molecule has 0 aliphatic rings. The average Bonchev–Trinajstić information content (AvgIpc) is 3.32. The normalized spacial score (nSPS) is 10.6. The van der Waals surface area contributed by atoms with Gasteiger partial charge in [0.25, 0.3) is 0 Å². The number of carbonyl (C=O) groups is 1. The molecule has 2 aromatic heterocycles. The summed E-state index contributed by atoms with van der Waals surface area (Å²) in [5.74, 6) is 0.205. The molecule has 4 aromatic rings. The Kier molecular flexibility index (Phi) is 8.20. The van der Waals surface area contributed by atoms with Gasteiger partial charge in [0.2, 0.25) is 5.95 Å².